The van der Waals surface area contributed by atoms with Crippen molar-refractivity contribution in [3.05, 3.63) is 36.5 Å². The fourth-order valence-electron chi connectivity index (χ4n) is 1.48. The van der Waals surface area contributed by atoms with Crippen molar-refractivity contribution in [3.63, 3.8) is 0 Å². The fraction of sp³-hybridized carbons (Fsp3) is 0.200. The summed E-state index contributed by atoms with van der Waals surface area (Å²) < 4.78 is 2.02. The molecule has 0 aromatic carbocycles. The Hall–Kier alpha value is -1.88. The summed E-state index contributed by atoms with van der Waals surface area (Å²) in [6, 6.07) is 3.79. The molecule has 0 fully saturated rings. The first-order chi connectivity index (χ1) is 7.35. The van der Waals surface area contributed by atoms with Crippen LogP contribution in [0.15, 0.2) is 30.7 Å². The SMILES string of the molecule is CCc1nccn1-c1ccnc(NN)c1. The van der Waals surface area contributed by atoms with Crippen LogP contribution in [0, 0.1) is 0 Å². The van der Waals surface area contributed by atoms with Crippen LogP contribution in [0.3, 0.4) is 0 Å². The van der Waals surface area contributed by atoms with E-state index in [0.29, 0.717) is 5.82 Å². The van der Waals surface area contributed by atoms with E-state index in [1.54, 1.807) is 12.4 Å². The van der Waals surface area contributed by atoms with Crippen molar-refractivity contribution >= 4 is 5.82 Å². The maximum Gasteiger partial charge on any atom is 0.141 e. The maximum absolute atomic E-state index is 5.31. The molecule has 78 valence electrons. The van der Waals surface area contributed by atoms with Crippen LogP contribution < -0.4 is 11.3 Å². The Morgan fingerprint density at radius 1 is 1.40 bits per heavy atom. The highest BCUT2D eigenvalue weighted by molar-refractivity contribution is 5.44. The molecule has 5 heteroatoms. The van der Waals surface area contributed by atoms with E-state index in [-0.39, 0.29) is 0 Å². The molecule has 0 spiro atoms. The van der Waals surface area contributed by atoms with Crippen molar-refractivity contribution in [2.75, 3.05) is 5.43 Å². The van der Waals surface area contributed by atoms with Crippen LogP contribution in [-0.4, -0.2) is 14.5 Å². The van der Waals surface area contributed by atoms with Gasteiger partial charge in [-0.25, -0.2) is 15.8 Å². The quantitative estimate of drug-likeness (QED) is 0.579. The average Bonchev–Trinajstić information content (AvgIpc) is 2.77. The molecule has 0 aliphatic rings. The number of aryl methyl sites for hydroxylation is 1. The molecule has 0 bridgehead atoms. The van der Waals surface area contributed by atoms with Gasteiger partial charge in [0.25, 0.3) is 0 Å². The van der Waals surface area contributed by atoms with E-state index >= 15 is 0 Å². The van der Waals surface area contributed by atoms with Crippen LogP contribution in [0.2, 0.25) is 0 Å². The number of hydrogen-bond acceptors (Lipinski definition) is 4. The molecule has 0 saturated heterocycles. The first kappa shape index (κ1) is 9.67. The van der Waals surface area contributed by atoms with Gasteiger partial charge in [-0.15, -0.1) is 0 Å². The van der Waals surface area contributed by atoms with Gasteiger partial charge in [-0.3, -0.25) is 0 Å². The predicted octanol–water partition coefficient (Wildman–Crippen LogP) is 1.12. The van der Waals surface area contributed by atoms with E-state index in [1.807, 2.05) is 22.9 Å². The third kappa shape index (κ3) is 1.82. The van der Waals surface area contributed by atoms with Crippen LogP contribution in [0.4, 0.5) is 5.82 Å². The highest BCUT2D eigenvalue weighted by atomic mass is 15.2. The molecule has 2 heterocycles. The van der Waals surface area contributed by atoms with Crippen molar-refractivity contribution < 1.29 is 0 Å². The van der Waals surface area contributed by atoms with Gasteiger partial charge in [0.2, 0.25) is 0 Å². The van der Waals surface area contributed by atoms with E-state index in [9.17, 15) is 0 Å². The molecule has 0 radical (unpaired) electrons. The first-order valence-corrected chi connectivity index (χ1v) is 4.80. The van der Waals surface area contributed by atoms with Gasteiger partial charge in [-0.05, 0) is 6.07 Å². The van der Waals surface area contributed by atoms with Crippen LogP contribution in [0.25, 0.3) is 5.69 Å². The minimum Gasteiger partial charge on any atom is -0.308 e. The zero-order chi connectivity index (χ0) is 10.7. The summed E-state index contributed by atoms with van der Waals surface area (Å²) >= 11 is 0. The Kier molecular flexibility index (Phi) is 2.64. The molecule has 3 N–H and O–H groups in total. The predicted molar refractivity (Wildman–Crippen MR) is 58.5 cm³/mol. The second-order valence-corrected chi connectivity index (χ2v) is 3.11. The molecule has 15 heavy (non-hydrogen) atoms. The molecule has 0 aliphatic carbocycles. The molecule has 0 aliphatic heterocycles. The van der Waals surface area contributed by atoms with E-state index in [2.05, 4.69) is 22.3 Å². The Morgan fingerprint density at radius 3 is 3.00 bits per heavy atom. The van der Waals surface area contributed by atoms with Crippen LogP contribution >= 0.6 is 0 Å². The van der Waals surface area contributed by atoms with E-state index in [4.69, 9.17) is 5.84 Å². The van der Waals surface area contributed by atoms with E-state index < -0.39 is 0 Å². The molecule has 5 nitrogen and oxygen atoms in total. The number of nitrogen functional groups attached to an aromatic ring is 1. The lowest BCUT2D eigenvalue weighted by Crippen LogP contribution is -2.09. The number of nitrogens with one attached hydrogen (secondary N) is 1. The van der Waals surface area contributed by atoms with E-state index in [1.165, 1.54) is 0 Å². The number of imidazole rings is 1. The summed E-state index contributed by atoms with van der Waals surface area (Å²) in [4.78, 5) is 8.31. The lowest BCUT2D eigenvalue weighted by atomic mass is 10.3. The summed E-state index contributed by atoms with van der Waals surface area (Å²) in [5.74, 6) is 6.96. The van der Waals surface area contributed by atoms with Crippen molar-refractivity contribution in [1.29, 1.82) is 0 Å². The summed E-state index contributed by atoms with van der Waals surface area (Å²) in [5, 5.41) is 0. The van der Waals surface area contributed by atoms with Crippen LogP contribution in [-0.2, 0) is 6.42 Å². The molecule has 0 saturated carbocycles. The van der Waals surface area contributed by atoms with Gasteiger partial charge >= 0.3 is 0 Å². The van der Waals surface area contributed by atoms with Crippen molar-refractivity contribution in [2.45, 2.75) is 13.3 Å². The number of nitrogens with two attached hydrogens (primary N) is 1. The molecule has 2 aromatic heterocycles. The number of hydrogen-bond donors (Lipinski definition) is 2. The first-order valence-electron chi connectivity index (χ1n) is 4.80. The van der Waals surface area contributed by atoms with Gasteiger partial charge in [0.15, 0.2) is 0 Å². The Balaban J connectivity index is 2.44. The zero-order valence-corrected chi connectivity index (χ0v) is 8.51. The Labute approximate surface area is 87.9 Å². The molecule has 0 unspecified atom stereocenters. The molecule has 0 amide bonds. The van der Waals surface area contributed by atoms with Crippen molar-refractivity contribution in [3.8, 4) is 5.69 Å². The molecular weight excluding hydrogens is 190 g/mol. The van der Waals surface area contributed by atoms with Crippen LogP contribution in [0.5, 0.6) is 0 Å². The van der Waals surface area contributed by atoms with Gasteiger partial charge in [0.05, 0.1) is 5.69 Å². The second-order valence-electron chi connectivity index (χ2n) is 3.11. The standard InChI is InChI=1S/C10H13N5/c1-2-10-13-5-6-15(10)8-3-4-12-9(7-8)14-11/h3-7H,2,11H2,1H3,(H,12,14). The number of nitrogens with zero attached hydrogens (tertiary/aromatic N) is 3. The monoisotopic (exact) mass is 203 g/mol. The fourth-order valence-corrected chi connectivity index (χ4v) is 1.48. The minimum absolute atomic E-state index is 0.642. The van der Waals surface area contributed by atoms with Gasteiger partial charge < -0.3 is 9.99 Å². The average molecular weight is 203 g/mol. The Morgan fingerprint density at radius 2 is 2.27 bits per heavy atom. The summed E-state index contributed by atoms with van der Waals surface area (Å²) in [6.07, 6.45) is 6.31. The van der Waals surface area contributed by atoms with Crippen molar-refractivity contribution in [1.82, 2.24) is 14.5 Å². The number of hydrazine groups is 1. The number of rotatable bonds is 3. The highest BCUT2D eigenvalue weighted by Crippen LogP contribution is 2.13. The normalized spacial score (nSPS) is 10.3. The van der Waals surface area contributed by atoms with Gasteiger partial charge in [-0.1, -0.05) is 6.92 Å². The lowest BCUT2D eigenvalue weighted by molar-refractivity contribution is 0.889. The van der Waals surface area contributed by atoms with Gasteiger partial charge in [0.1, 0.15) is 11.6 Å². The summed E-state index contributed by atoms with van der Waals surface area (Å²) in [6.45, 7) is 2.07. The van der Waals surface area contributed by atoms with Gasteiger partial charge in [0, 0.05) is 31.1 Å². The summed E-state index contributed by atoms with van der Waals surface area (Å²) in [5.41, 5.74) is 3.53. The molecular formula is C10H13N5. The maximum atomic E-state index is 5.31. The highest BCUT2D eigenvalue weighted by Gasteiger charge is 2.03. The third-order valence-electron chi connectivity index (χ3n) is 2.20. The number of anilines is 1. The summed E-state index contributed by atoms with van der Waals surface area (Å²) in [7, 11) is 0. The molecule has 0 atom stereocenters. The van der Waals surface area contributed by atoms with E-state index in [0.717, 1.165) is 17.9 Å². The van der Waals surface area contributed by atoms with Crippen molar-refractivity contribution in [2.24, 2.45) is 5.84 Å². The zero-order valence-electron chi connectivity index (χ0n) is 8.51. The number of aromatic nitrogens is 3. The Bertz CT molecular complexity index is 449. The topological polar surface area (TPSA) is 68.8 Å². The molecule has 2 rings (SSSR count). The van der Waals surface area contributed by atoms with Gasteiger partial charge in [-0.2, -0.15) is 0 Å². The van der Waals surface area contributed by atoms with Crippen LogP contribution in [0.1, 0.15) is 12.7 Å². The molecule has 2 aromatic rings. The third-order valence-corrected chi connectivity index (χ3v) is 2.20. The second kappa shape index (κ2) is 4.10. The minimum atomic E-state index is 0.642. The smallest absolute Gasteiger partial charge is 0.141 e. The lowest BCUT2D eigenvalue weighted by Gasteiger charge is -2.07. The number of pyridine rings is 1. The largest absolute Gasteiger partial charge is 0.308 e.